The zero-order valence-electron chi connectivity index (χ0n) is 10.3. The van der Waals surface area contributed by atoms with Crippen LogP contribution in [0.1, 0.15) is 24.2 Å². The molecule has 18 heavy (non-hydrogen) atoms. The van der Waals surface area contributed by atoms with E-state index in [9.17, 15) is 4.39 Å². The highest BCUT2D eigenvalue weighted by atomic mass is 35.5. The summed E-state index contributed by atoms with van der Waals surface area (Å²) < 4.78 is 15.1. The standard InChI is InChI=1S/C13H15ClFN3/c1-3-16-13(12-7-18(2)8-17-12)9-4-5-11(15)10(14)6-9/h4-8,13,16H,3H2,1-2H3. The van der Waals surface area contributed by atoms with Crippen LogP contribution in [-0.4, -0.2) is 16.1 Å². The SMILES string of the molecule is CCNC(c1ccc(F)c(Cl)c1)c1cn(C)cn1. The quantitative estimate of drug-likeness (QED) is 0.923. The minimum Gasteiger partial charge on any atom is -0.340 e. The van der Waals surface area contributed by atoms with Crippen molar-refractivity contribution in [2.45, 2.75) is 13.0 Å². The normalized spacial score (nSPS) is 12.7. The number of hydrogen-bond acceptors (Lipinski definition) is 2. The van der Waals surface area contributed by atoms with Gasteiger partial charge in [-0.2, -0.15) is 0 Å². The van der Waals surface area contributed by atoms with Gasteiger partial charge in [-0.25, -0.2) is 9.37 Å². The molecule has 0 radical (unpaired) electrons. The van der Waals surface area contributed by atoms with E-state index < -0.39 is 5.82 Å². The lowest BCUT2D eigenvalue weighted by Gasteiger charge is -2.16. The number of rotatable bonds is 4. The molecule has 0 saturated carbocycles. The third kappa shape index (κ3) is 2.71. The van der Waals surface area contributed by atoms with Crippen molar-refractivity contribution < 1.29 is 4.39 Å². The Labute approximate surface area is 111 Å². The average Bonchev–Trinajstić information content (AvgIpc) is 2.76. The van der Waals surface area contributed by atoms with Crippen molar-refractivity contribution >= 4 is 11.6 Å². The lowest BCUT2D eigenvalue weighted by atomic mass is 10.0. The molecule has 96 valence electrons. The third-order valence-electron chi connectivity index (χ3n) is 2.71. The number of nitrogens with zero attached hydrogens (tertiary/aromatic N) is 2. The average molecular weight is 268 g/mol. The molecule has 3 nitrogen and oxygen atoms in total. The predicted octanol–water partition coefficient (Wildman–Crippen LogP) is 2.91. The van der Waals surface area contributed by atoms with Crippen molar-refractivity contribution in [2.24, 2.45) is 7.05 Å². The van der Waals surface area contributed by atoms with Gasteiger partial charge in [-0.15, -0.1) is 0 Å². The van der Waals surface area contributed by atoms with Gasteiger partial charge in [0, 0.05) is 13.2 Å². The van der Waals surface area contributed by atoms with Gasteiger partial charge in [0.25, 0.3) is 0 Å². The van der Waals surface area contributed by atoms with Gasteiger partial charge in [0.15, 0.2) is 0 Å². The Morgan fingerprint density at radius 3 is 2.83 bits per heavy atom. The van der Waals surface area contributed by atoms with Crippen LogP contribution in [0.4, 0.5) is 4.39 Å². The molecule has 1 unspecified atom stereocenters. The van der Waals surface area contributed by atoms with Crippen LogP contribution < -0.4 is 5.32 Å². The minimum absolute atomic E-state index is 0.0747. The molecule has 0 aliphatic heterocycles. The summed E-state index contributed by atoms with van der Waals surface area (Å²) in [6, 6.07) is 4.67. The summed E-state index contributed by atoms with van der Waals surface area (Å²) >= 11 is 5.82. The molecule has 2 rings (SSSR count). The molecule has 0 aliphatic carbocycles. The molecule has 5 heteroatoms. The van der Waals surface area contributed by atoms with E-state index in [1.54, 1.807) is 18.5 Å². The number of halogens is 2. The topological polar surface area (TPSA) is 29.9 Å². The first-order valence-corrected chi connectivity index (χ1v) is 6.15. The van der Waals surface area contributed by atoms with E-state index in [1.807, 2.05) is 24.7 Å². The molecule has 0 amide bonds. The molecule has 0 spiro atoms. The number of aryl methyl sites for hydroxylation is 1. The molecule has 1 atom stereocenters. The zero-order chi connectivity index (χ0) is 13.1. The molecular weight excluding hydrogens is 253 g/mol. The number of hydrogen-bond donors (Lipinski definition) is 1. The lowest BCUT2D eigenvalue weighted by molar-refractivity contribution is 0.607. The van der Waals surface area contributed by atoms with E-state index in [2.05, 4.69) is 10.3 Å². The molecule has 0 aliphatic rings. The highest BCUT2D eigenvalue weighted by Crippen LogP contribution is 2.24. The van der Waals surface area contributed by atoms with Crippen LogP contribution >= 0.6 is 11.6 Å². The van der Waals surface area contributed by atoms with Crippen molar-refractivity contribution in [3.8, 4) is 0 Å². The van der Waals surface area contributed by atoms with Crippen molar-refractivity contribution in [3.63, 3.8) is 0 Å². The summed E-state index contributed by atoms with van der Waals surface area (Å²) in [4.78, 5) is 4.33. The molecule has 1 aromatic carbocycles. The van der Waals surface area contributed by atoms with Crippen molar-refractivity contribution in [1.82, 2.24) is 14.9 Å². The number of benzene rings is 1. The Hall–Kier alpha value is -1.39. The van der Waals surface area contributed by atoms with Gasteiger partial charge in [0.1, 0.15) is 5.82 Å². The fraction of sp³-hybridized carbons (Fsp3) is 0.308. The summed E-state index contributed by atoms with van der Waals surface area (Å²) in [5, 5.41) is 3.45. The fourth-order valence-electron chi connectivity index (χ4n) is 1.87. The number of imidazole rings is 1. The molecule has 2 aromatic rings. The Morgan fingerprint density at radius 2 is 2.28 bits per heavy atom. The maximum Gasteiger partial charge on any atom is 0.141 e. The maximum absolute atomic E-state index is 13.2. The van der Waals surface area contributed by atoms with E-state index in [4.69, 9.17) is 11.6 Å². The number of aromatic nitrogens is 2. The van der Waals surface area contributed by atoms with Crippen molar-refractivity contribution in [2.75, 3.05) is 6.54 Å². The summed E-state index contributed by atoms with van der Waals surface area (Å²) in [5.74, 6) is -0.406. The second kappa shape index (κ2) is 5.50. The Bertz CT molecular complexity index is 539. The fourth-order valence-corrected chi connectivity index (χ4v) is 2.06. The monoisotopic (exact) mass is 267 g/mol. The smallest absolute Gasteiger partial charge is 0.141 e. The zero-order valence-corrected chi connectivity index (χ0v) is 11.1. The molecule has 0 bridgehead atoms. The largest absolute Gasteiger partial charge is 0.340 e. The molecule has 0 fully saturated rings. The van der Waals surface area contributed by atoms with Gasteiger partial charge >= 0.3 is 0 Å². The molecule has 1 N–H and O–H groups in total. The Morgan fingerprint density at radius 1 is 1.50 bits per heavy atom. The Kier molecular flexibility index (Phi) is 3.99. The van der Waals surface area contributed by atoms with Crippen LogP contribution in [0.2, 0.25) is 5.02 Å². The van der Waals surface area contributed by atoms with Crippen LogP contribution in [0.3, 0.4) is 0 Å². The van der Waals surface area contributed by atoms with Gasteiger partial charge in [0.05, 0.1) is 23.1 Å². The van der Waals surface area contributed by atoms with Crippen LogP contribution in [0, 0.1) is 5.82 Å². The van der Waals surface area contributed by atoms with E-state index in [0.717, 1.165) is 17.8 Å². The van der Waals surface area contributed by atoms with E-state index >= 15 is 0 Å². The summed E-state index contributed by atoms with van der Waals surface area (Å²) in [6.45, 7) is 2.80. The minimum atomic E-state index is -0.406. The lowest BCUT2D eigenvalue weighted by Crippen LogP contribution is -2.22. The third-order valence-corrected chi connectivity index (χ3v) is 3.00. The van der Waals surface area contributed by atoms with E-state index in [0.29, 0.717) is 0 Å². The first-order valence-electron chi connectivity index (χ1n) is 5.78. The van der Waals surface area contributed by atoms with Gasteiger partial charge in [-0.3, -0.25) is 0 Å². The molecular formula is C13H15ClFN3. The van der Waals surface area contributed by atoms with Gasteiger partial charge in [-0.1, -0.05) is 24.6 Å². The second-order valence-electron chi connectivity index (χ2n) is 4.13. The van der Waals surface area contributed by atoms with Crippen molar-refractivity contribution in [3.05, 3.63) is 52.8 Å². The predicted molar refractivity (Wildman–Crippen MR) is 70.1 cm³/mol. The maximum atomic E-state index is 13.2. The first kappa shape index (κ1) is 13.1. The summed E-state index contributed by atoms with van der Waals surface area (Å²) in [5.41, 5.74) is 1.80. The summed E-state index contributed by atoms with van der Waals surface area (Å²) in [7, 11) is 1.91. The number of nitrogens with one attached hydrogen (secondary N) is 1. The Balaban J connectivity index is 2.37. The molecule has 1 heterocycles. The van der Waals surface area contributed by atoms with Crippen LogP contribution in [-0.2, 0) is 7.05 Å². The van der Waals surface area contributed by atoms with Crippen LogP contribution in [0.25, 0.3) is 0 Å². The van der Waals surface area contributed by atoms with Gasteiger partial charge in [-0.05, 0) is 24.2 Å². The molecule has 1 aromatic heterocycles. The first-order chi connectivity index (χ1) is 8.61. The second-order valence-corrected chi connectivity index (χ2v) is 4.54. The highest BCUT2D eigenvalue weighted by molar-refractivity contribution is 6.30. The highest BCUT2D eigenvalue weighted by Gasteiger charge is 2.16. The van der Waals surface area contributed by atoms with Crippen LogP contribution in [0.15, 0.2) is 30.7 Å². The van der Waals surface area contributed by atoms with Crippen LogP contribution in [0.5, 0.6) is 0 Å². The van der Waals surface area contributed by atoms with Gasteiger partial charge in [0.2, 0.25) is 0 Å². The molecule has 0 saturated heterocycles. The van der Waals surface area contributed by atoms with E-state index in [1.165, 1.54) is 6.07 Å². The van der Waals surface area contributed by atoms with Crippen molar-refractivity contribution in [1.29, 1.82) is 0 Å². The van der Waals surface area contributed by atoms with E-state index in [-0.39, 0.29) is 11.1 Å². The summed E-state index contributed by atoms with van der Waals surface area (Å²) in [6.07, 6.45) is 3.68. The van der Waals surface area contributed by atoms with Gasteiger partial charge < -0.3 is 9.88 Å².